The number of nitro benzene ring substituents is 1. The number of hydrogen-bond donors (Lipinski definition) is 2. The highest BCUT2D eigenvalue weighted by atomic mass is 32.2. The van der Waals surface area contributed by atoms with Crippen LogP contribution in [0.1, 0.15) is 15.9 Å². The van der Waals surface area contributed by atoms with Crippen molar-refractivity contribution in [1.82, 2.24) is 10.4 Å². The number of amides is 2. The van der Waals surface area contributed by atoms with Gasteiger partial charge in [-0.2, -0.15) is 5.01 Å². The van der Waals surface area contributed by atoms with Crippen molar-refractivity contribution in [3.8, 4) is 5.75 Å². The molecule has 2 amide bonds. The first-order valence-electron chi connectivity index (χ1n) is 7.48. The quantitative estimate of drug-likeness (QED) is 0.350. The summed E-state index contributed by atoms with van der Waals surface area (Å²) in [6.07, 6.45) is 1.36. The van der Waals surface area contributed by atoms with Crippen LogP contribution in [0.4, 0.5) is 5.69 Å². The molecule has 0 unspecified atom stereocenters. The van der Waals surface area contributed by atoms with Gasteiger partial charge in [-0.15, -0.1) is 0 Å². The number of aromatic hydroxyl groups is 1. The summed E-state index contributed by atoms with van der Waals surface area (Å²) in [5, 5.41) is 21.5. The summed E-state index contributed by atoms with van der Waals surface area (Å²) in [5.41, 5.74) is 2.62. The lowest BCUT2D eigenvalue weighted by atomic mass is 10.1. The number of phenols is 1. The highest BCUT2D eigenvalue weighted by Gasteiger charge is 2.34. The molecule has 0 aromatic heterocycles. The van der Waals surface area contributed by atoms with Crippen LogP contribution in [0.3, 0.4) is 0 Å². The van der Waals surface area contributed by atoms with E-state index >= 15 is 0 Å². The van der Waals surface area contributed by atoms with Crippen molar-refractivity contribution >= 4 is 51.9 Å². The maximum absolute atomic E-state index is 12.6. The molecule has 0 saturated carbocycles. The Bertz CT molecular complexity index is 1010. The van der Waals surface area contributed by atoms with Crippen LogP contribution in [0.2, 0.25) is 0 Å². The third kappa shape index (κ3) is 3.96. The molecule has 1 aliphatic rings. The van der Waals surface area contributed by atoms with Gasteiger partial charge in [0, 0.05) is 11.6 Å². The van der Waals surface area contributed by atoms with Gasteiger partial charge < -0.3 is 5.11 Å². The number of rotatable bonds is 4. The van der Waals surface area contributed by atoms with Crippen molar-refractivity contribution in [3.05, 3.63) is 74.7 Å². The Morgan fingerprint density at radius 1 is 1.26 bits per heavy atom. The van der Waals surface area contributed by atoms with E-state index in [1.165, 1.54) is 48.5 Å². The first-order chi connectivity index (χ1) is 12.9. The Labute approximate surface area is 162 Å². The number of hydrazine groups is 1. The fraction of sp³-hybridized carbons (Fsp3) is 0. The highest BCUT2D eigenvalue weighted by molar-refractivity contribution is 8.26. The minimum Gasteiger partial charge on any atom is -0.508 e. The van der Waals surface area contributed by atoms with E-state index in [0.717, 1.165) is 16.8 Å². The number of phenolic OH excluding ortho intramolecular Hbond substituents is 1. The maximum atomic E-state index is 12.6. The monoisotopic (exact) mass is 401 g/mol. The number of carbonyl (C=O) groups excluding carboxylic acids is 2. The fourth-order valence-corrected chi connectivity index (χ4v) is 3.46. The summed E-state index contributed by atoms with van der Waals surface area (Å²) in [5.74, 6) is -1.32. The molecular weight excluding hydrogens is 390 g/mol. The number of benzene rings is 2. The van der Waals surface area contributed by atoms with Crippen LogP contribution in [0, 0.1) is 10.1 Å². The standard InChI is InChI=1S/C17H11N3O5S2/c21-12-6-3-5-11(8-12)15(22)18-19-16(23)14(27-17(19)26)9-10-4-1-2-7-13(10)20(24)25/h1-9,21H,(H,18,22)/b14-9-. The summed E-state index contributed by atoms with van der Waals surface area (Å²) in [4.78, 5) is 35.5. The Morgan fingerprint density at radius 2 is 2.00 bits per heavy atom. The van der Waals surface area contributed by atoms with Crippen molar-refractivity contribution in [3.63, 3.8) is 0 Å². The van der Waals surface area contributed by atoms with Crippen LogP contribution in [0.25, 0.3) is 6.08 Å². The molecule has 1 fully saturated rings. The van der Waals surface area contributed by atoms with Gasteiger partial charge in [0.1, 0.15) is 5.75 Å². The summed E-state index contributed by atoms with van der Waals surface area (Å²) in [6.45, 7) is 0. The largest absolute Gasteiger partial charge is 0.508 e. The topological polar surface area (TPSA) is 113 Å². The predicted molar refractivity (Wildman–Crippen MR) is 104 cm³/mol. The van der Waals surface area contributed by atoms with Crippen LogP contribution in [0.5, 0.6) is 5.75 Å². The predicted octanol–water partition coefficient (Wildman–Crippen LogP) is 2.85. The normalized spacial score (nSPS) is 15.3. The Balaban J connectivity index is 1.83. The Morgan fingerprint density at radius 3 is 2.70 bits per heavy atom. The average molecular weight is 401 g/mol. The molecule has 27 heavy (non-hydrogen) atoms. The van der Waals surface area contributed by atoms with E-state index in [1.54, 1.807) is 6.07 Å². The average Bonchev–Trinajstić information content (AvgIpc) is 2.89. The third-order valence-corrected chi connectivity index (χ3v) is 4.84. The van der Waals surface area contributed by atoms with Gasteiger partial charge in [0.15, 0.2) is 4.32 Å². The van der Waals surface area contributed by atoms with Gasteiger partial charge in [-0.1, -0.05) is 30.0 Å². The fourth-order valence-electron chi connectivity index (χ4n) is 2.29. The van der Waals surface area contributed by atoms with Crippen LogP contribution in [-0.2, 0) is 4.79 Å². The summed E-state index contributed by atoms with van der Waals surface area (Å²) in [7, 11) is 0. The molecule has 0 atom stereocenters. The van der Waals surface area contributed by atoms with E-state index in [9.17, 15) is 24.8 Å². The lowest BCUT2D eigenvalue weighted by Gasteiger charge is -2.15. The van der Waals surface area contributed by atoms with E-state index in [2.05, 4.69) is 5.43 Å². The number of nitro groups is 1. The molecule has 1 saturated heterocycles. The Kier molecular flexibility index (Phi) is 5.19. The van der Waals surface area contributed by atoms with Crippen molar-refractivity contribution in [2.75, 3.05) is 0 Å². The first-order valence-corrected chi connectivity index (χ1v) is 8.70. The summed E-state index contributed by atoms with van der Waals surface area (Å²) < 4.78 is 0.0818. The molecule has 0 aliphatic carbocycles. The smallest absolute Gasteiger partial charge is 0.285 e. The number of thiocarbonyl (C=S) groups is 1. The molecule has 0 radical (unpaired) electrons. The summed E-state index contributed by atoms with van der Waals surface area (Å²) >= 11 is 6.04. The van der Waals surface area contributed by atoms with Gasteiger partial charge in [-0.3, -0.25) is 25.1 Å². The zero-order valence-electron chi connectivity index (χ0n) is 13.5. The molecule has 0 spiro atoms. The summed E-state index contributed by atoms with van der Waals surface area (Å²) in [6, 6.07) is 11.6. The molecular formula is C17H11N3O5S2. The number of hydrogen-bond acceptors (Lipinski definition) is 7. The minimum atomic E-state index is -0.630. The third-order valence-electron chi connectivity index (χ3n) is 3.54. The second-order valence-corrected chi connectivity index (χ2v) is 7.00. The van der Waals surface area contributed by atoms with Crippen molar-refractivity contribution in [2.45, 2.75) is 0 Å². The van der Waals surface area contributed by atoms with Gasteiger partial charge in [-0.05, 0) is 42.6 Å². The van der Waals surface area contributed by atoms with Crippen LogP contribution in [-0.4, -0.2) is 31.2 Å². The lowest BCUT2D eigenvalue weighted by Crippen LogP contribution is -2.44. The molecule has 8 nitrogen and oxygen atoms in total. The number of carbonyl (C=O) groups is 2. The van der Waals surface area contributed by atoms with Crippen LogP contribution >= 0.6 is 24.0 Å². The van der Waals surface area contributed by atoms with Crippen molar-refractivity contribution in [1.29, 1.82) is 0 Å². The van der Waals surface area contributed by atoms with Crippen molar-refractivity contribution in [2.24, 2.45) is 0 Å². The van der Waals surface area contributed by atoms with Gasteiger partial charge >= 0.3 is 0 Å². The second-order valence-electron chi connectivity index (χ2n) is 5.32. The molecule has 1 aliphatic heterocycles. The number of nitrogens with one attached hydrogen (secondary N) is 1. The minimum absolute atomic E-state index is 0.0818. The van der Waals surface area contributed by atoms with E-state index in [-0.39, 0.29) is 31.8 Å². The van der Waals surface area contributed by atoms with Gasteiger partial charge in [0.05, 0.1) is 15.4 Å². The highest BCUT2D eigenvalue weighted by Crippen LogP contribution is 2.33. The van der Waals surface area contributed by atoms with E-state index < -0.39 is 16.7 Å². The van der Waals surface area contributed by atoms with Crippen LogP contribution in [0.15, 0.2) is 53.4 Å². The molecule has 0 bridgehead atoms. The molecule has 136 valence electrons. The zero-order valence-corrected chi connectivity index (χ0v) is 15.1. The SMILES string of the molecule is O=C(NN1C(=O)/C(=C/c2ccccc2[N+](=O)[O-])SC1=S)c1cccc(O)c1. The van der Waals surface area contributed by atoms with Gasteiger partial charge in [-0.25, -0.2) is 0 Å². The molecule has 2 N–H and O–H groups in total. The molecule has 2 aromatic rings. The van der Waals surface area contributed by atoms with Crippen molar-refractivity contribution < 1.29 is 19.6 Å². The molecule has 3 rings (SSSR count). The maximum Gasteiger partial charge on any atom is 0.285 e. The van der Waals surface area contributed by atoms with Crippen LogP contribution < -0.4 is 5.43 Å². The zero-order chi connectivity index (χ0) is 19.6. The number of para-hydroxylation sites is 1. The second kappa shape index (κ2) is 7.56. The molecule has 1 heterocycles. The van der Waals surface area contributed by atoms with E-state index in [4.69, 9.17) is 12.2 Å². The molecule has 10 heteroatoms. The number of thioether (sulfide) groups is 1. The first kappa shape index (κ1) is 18.5. The number of nitrogens with zero attached hydrogens (tertiary/aromatic N) is 2. The van der Waals surface area contributed by atoms with Gasteiger partial charge in [0.2, 0.25) is 0 Å². The molecule has 2 aromatic carbocycles. The van der Waals surface area contributed by atoms with E-state index in [1.807, 2.05) is 0 Å². The Hall–Kier alpha value is -3.24. The van der Waals surface area contributed by atoms with E-state index in [0.29, 0.717) is 0 Å². The lowest BCUT2D eigenvalue weighted by molar-refractivity contribution is -0.385. The van der Waals surface area contributed by atoms with Gasteiger partial charge in [0.25, 0.3) is 17.5 Å².